The van der Waals surface area contributed by atoms with Gasteiger partial charge in [0.25, 0.3) is 11.8 Å². The first-order valence-electron chi connectivity index (χ1n) is 9.65. The number of hydrogen-bond donors (Lipinski definition) is 0. The molecule has 0 spiro atoms. The standard InChI is InChI=1S/C23H22N2O3S/c26-22-21(16-17-29(28)20-14-8-3-9-15-20)23(27)25(19-12-6-2-7-13-19)24(22)18-10-4-1-5-11-18/h1-12,14-15,19,21H,13,16-17H2. The maximum atomic E-state index is 13.3. The van der Waals surface area contributed by atoms with Crippen LogP contribution in [0.15, 0.2) is 89.9 Å². The van der Waals surface area contributed by atoms with Crippen molar-refractivity contribution in [2.24, 2.45) is 5.92 Å². The van der Waals surface area contributed by atoms with Crippen molar-refractivity contribution in [1.82, 2.24) is 5.01 Å². The number of para-hydroxylation sites is 1. The first kappa shape index (κ1) is 19.3. The van der Waals surface area contributed by atoms with E-state index in [4.69, 9.17) is 0 Å². The van der Waals surface area contributed by atoms with Crippen LogP contribution >= 0.6 is 0 Å². The van der Waals surface area contributed by atoms with Crippen LogP contribution < -0.4 is 5.01 Å². The van der Waals surface area contributed by atoms with E-state index in [1.165, 1.54) is 5.01 Å². The molecule has 1 aliphatic heterocycles. The van der Waals surface area contributed by atoms with Crippen LogP contribution in [0.4, 0.5) is 5.69 Å². The third kappa shape index (κ3) is 3.93. The van der Waals surface area contributed by atoms with Crippen molar-refractivity contribution in [3.05, 3.63) is 85.0 Å². The van der Waals surface area contributed by atoms with Crippen LogP contribution in [0.2, 0.25) is 0 Å². The second kappa shape index (κ2) is 8.57. The largest absolute Gasteiger partial charge is 0.272 e. The van der Waals surface area contributed by atoms with Crippen LogP contribution in [-0.4, -0.2) is 32.8 Å². The maximum absolute atomic E-state index is 13.3. The van der Waals surface area contributed by atoms with E-state index in [1.807, 2.05) is 72.8 Å². The highest BCUT2D eigenvalue weighted by Gasteiger charge is 2.48. The molecule has 0 N–H and O–H groups in total. The molecule has 1 fully saturated rings. The third-order valence-electron chi connectivity index (χ3n) is 5.12. The zero-order valence-electron chi connectivity index (χ0n) is 15.9. The molecule has 5 nitrogen and oxygen atoms in total. The molecule has 0 radical (unpaired) electrons. The summed E-state index contributed by atoms with van der Waals surface area (Å²) < 4.78 is 12.6. The van der Waals surface area contributed by atoms with E-state index in [0.717, 1.165) is 0 Å². The molecule has 1 saturated heterocycles. The van der Waals surface area contributed by atoms with Gasteiger partial charge in [-0.25, -0.2) is 10.0 Å². The lowest BCUT2D eigenvalue weighted by atomic mass is 10.0. The molecule has 2 aromatic carbocycles. The Morgan fingerprint density at radius 3 is 2.24 bits per heavy atom. The van der Waals surface area contributed by atoms with Gasteiger partial charge in [-0.05, 0) is 37.1 Å². The maximum Gasteiger partial charge on any atom is 0.258 e. The number of carbonyl (C=O) groups is 2. The van der Waals surface area contributed by atoms with E-state index in [9.17, 15) is 13.8 Å². The SMILES string of the molecule is O=C1C(CCS(=O)c2ccccc2)C(=O)N(C2C=CC=CC2)N1c1ccccc1. The van der Waals surface area contributed by atoms with Gasteiger partial charge in [-0.1, -0.05) is 60.7 Å². The topological polar surface area (TPSA) is 57.7 Å². The molecule has 4 rings (SSSR count). The molecule has 2 aliphatic rings. The summed E-state index contributed by atoms with van der Waals surface area (Å²) >= 11 is 0. The molecule has 1 heterocycles. The zero-order valence-corrected chi connectivity index (χ0v) is 16.7. The average molecular weight is 407 g/mol. The van der Waals surface area contributed by atoms with Gasteiger partial charge in [0.2, 0.25) is 0 Å². The molecule has 2 amide bonds. The Labute approximate surface area is 172 Å². The highest BCUT2D eigenvalue weighted by Crippen LogP contribution is 2.32. The Balaban J connectivity index is 1.57. The van der Waals surface area contributed by atoms with Crippen LogP contribution in [0.5, 0.6) is 0 Å². The second-order valence-electron chi connectivity index (χ2n) is 6.99. The van der Waals surface area contributed by atoms with Gasteiger partial charge in [-0.15, -0.1) is 0 Å². The van der Waals surface area contributed by atoms with Crippen molar-refractivity contribution in [3.8, 4) is 0 Å². The van der Waals surface area contributed by atoms with Crippen molar-refractivity contribution in [1.29, 1.82) is 0 Å². The normalized spacial score (nSPS) is 22.3. The molecule has 0 aromatic heterocycles. The van der Waals surface area contributed by atoms with E-state index in [1.54, 1.807) is 17.1 Å². The summed E-state index contributed by atoms with van der Waals surface area (Å²) in [4.78, 5) is 27.2. The number of allylic oxidation sites excluding steroid dienone is 2. The Kier molecular flexibility index (Phi) is 5.71. The third-order valence-corrected chi connectivity index (χ3v) is 6.52. The number of benzene rings is 2. The first-order chi connectivity index (χ1) is 14.2. The van der Waals surface area contributed by atoms with Crippen molar-refractivity contribution >= 4 is 28.3 Å². The monoisotopic (exact) mass is 406 g/mol. The number of rotatable bonds is 6. The summed E-state index contributed by atoms with van der Waals surface area (Å²) in [6.07, 6.45) is 8.67. The van der Waals surface area contributed by atoms with Crippen LogP contribution in [0.3, 0.4) is 0 Å². The van der Waals surface area contributed by atoms with Crippen LogP contribution in [-0.2, 0) is 20.4 Å². The molecule has 0 saturated carbocycles. The Morgan fingerprint density at radius 2 is 1.59 bits per heavy atom. The number of nitrogens with zero attached hydrogens (tertiary/aromatic N) is 2. The minimum atomic E-state index is -1.25. The van der Waals surface area contributed by atoms with E-state index in [2.05, 4.69) is 0 Å². The van der Waals surface area contributed by atoms with Gasteiger partial charge >= 0.3 is 0 Å². The summed E-state index contributed by atoms with van der Waals surface area (Å²) in [6.45, 7) is 0. The number of hydrogen-bond acceptors (Lipinski definition) is 3. The molecule has 2 aromatic rings. The van der Waals surface area contributed by atoms with Crippen molar-refractivity contribution in [2.75, 3.05) is 10.8 Å². The Bertz CT molecular complexity index is 972. The van der Waals surface area contributed by atoms with Crippen molar-refractivity contribution < 1.29 is 13.8 Å². The highest BCUT2D eigenvalue weighted by molar-refractivity contribution is 7.85. The number of anilines is 1. The van der Waals surface area contributed by atoms with Gasteiger partial charge in [0.1, 0.15) is 5.92 Å². The molecule has 6 heteroatoms. The van der Waals surface area contributed by atoms with Gasteiger partial charge in [0.15, 0.2) is 0 Å². The van der Waals surface area contributed by atoms with E-state index in [-0.39, 0.29) is 30.0 Å². The smallest absolute Gasteiger partial charge is 0.258 e. The fourth-order valence-corrected chi connectivity index (χ4v) is 4.81. The highest BCUT2D eigenvalue weighted by atomic mass is 32.2. The molecule has 1 aliphatic carbocycles. The lowest BCUT2D eigenvalue weighted by Gasteiger charge is -2.33. The fraction of sp³-hybridized carbons (Fsp3) is 0.217. The number of carbonyl (C=O) groups excluding carboxylic acids is 2. The lowest BCUT2D eigenvalue weighted by molar-refractivity contribution is -0.133. The lowest BCUT2D eigenvalue weighted by Crippen LogP contribution is -2.47. The van der Waals surface area contributed by atoms with E-state index < -0.39 is 16.7 Å². The fourth-order valence-electron chi connectivity index (χ4n) is 3.66. The van der Waals surface area contributed by atoms with Crippen LogP contribution in [0, 0.1) is 5.92 Å². The van der Waals surface area contributed by atoms with Gasteiger partial charge in [-0.3, -0.25) is 13.8 Å². The zero-order chi connectivity index (χ0) is 20.2. The first-order valence-corrected chi connectivity index (χ1v) is 11.0. The van der Waals surface area contributed by atoms with Gasteiger partial charge in [0, 0.05) is 10.6 Å². The van der Waals surface area contributed by atoms with Crippen LogP contribution in [0.25, 0.3) is 0 Å². The number of amides is 2. The predicted octanol–water partition coefficient (Wildman–Crippen LogP) is 3.48. The van der Waals surface area contributed by atoms with Gasteiger partial charge in [-0.2, -0.15) is 0 Å². The van der Waals surface area contributed by atoms with E-state index in [0.29, 0.717) is 17.0 Å². The molecule has 3 atom stereocenters. The summed E-state index contributed by atoms with van der Waals surface area (Å²) in [5.41, 5.74) is 0.667. The quantitative estimate of drug-likeness (QED) is 0.690. The Hall–Kier alpha value is -2.99. The molecular weight excluding hydrogens is 384 g/mol. The molecule has 0 bridgehead atoms. The summed E-state index contributed by atoms with van der Waals surface area (Å²) in [5, 5.41) is 3.06. The molecule has 148 valence electrons. The van der Waals surface area contributed by atoms with Crippen LogP contribution in [0.1, 0.15) is 12.8 Å². The molecule has 3 unspecified atom stereocenters. The second-order valence-corrected chi connectivity index (χ2v) is 8.56. The van der Waals surface area contributed by atoms with Crippen molar-refractivity contribution in [2.45, 2.75) is 23.8 Å². The van der Waals surface area contributed by atoms with Gasteiger partial charge < -0.3 is 0 Å². The molecule has 29 heavy (non-hydrogen) atoms. The minimum absolute atomic E-state index is 0.207. The summed E-state index contributed by atoms with van der Waals surface area (Å²) in [7, 11) is -1.25. The summed E-state index contributed by atoms with van der Waals surface area (Å²) in [5.74, 6) is -1.03. The average Bonchev–Trinajstić information content (AvgIpc) is 3.03. The minimum Gasteiger partial charge on any atom is -0.272 e. The summed E-state index contributed by atoms with van der Waals surface area (Å²) in [6, 6.07) is 18.1. The predicted molar refractivity (Wildman–Crippen MR) is 113 cm³/mol. The Morgan fingerprint density at radius 1 is 0.897 bits per heavy atom. The van der Waals surface area contributed by atoms with E-state index >= 15 is 0 Å². The molecular formula is C23H22N2O3S. The van der Waals surface area contributed by atoms with Gasteiger partial charge in [0.05, 0.1) is 22.5 Å². The number of hydrazine groups is 1. The van der Waals surface area contributed by atoms with Crippen molar-refractivity contribution in [3.63, 3.8) is 0 Å².